The number of amides is 1. The molecule has 3 N–H and O–H groups in total. The Hall–Kier alpha value is -4.98. The first-order chi connectivity index (χ1) is 25.4. The van der Waals surface area contributed by atoms with Crippen LogP contribution in [0.15, 0.2) is 125 Å². The zero-order chi connectivity index (χ0) is 37.6. The highest BCUT2D eigenvalue weighted by Gasteiger charge is 2.35. The number of benzene rings is 5. The molecule has 1 aliphatic rings. The van der Waals surface area contributed by atoms with Gasteiger partial charge < -0.3 is 15.3 Å². The van der Waals surface area contributed by atoms with Gasteiger partial charge in [0.05, 0.1) is 10.5 Å². The number of nitrogens with zero attached hydrogens (tertiary/aromatic N) is 2. The summed E-state index contributed by atoms with van der Waals surface area (Å²) >= 11 is 1.48. The molecule has 53 heavy (non-hydrogen) atoms. The number of carbonyl (C=O) groups excluding carboxylic acids is 1. The first-order valence-electron chi connectivity index (χ1n) is 17.0. The summed E-state index contributed by atoms with van der Waals surface area (Å²) in [6.07, 6.45) is -4.83. The maximum Gasteiger partial charge on any atom is 0.418 e. The van der Waals surface area contributed by atoms with Crippen LogP contribution in [0, 0.1) is 6.92 Å². The lowest BCUT2D eigenvalue weighted by Gasteiger charge is -2.36. The van der Waals surface area contributed by atoms with Crippen molar-refractivity contribution in [1.29, 1.82) is 0 Å². The zero-order valence-electron chi connectivity index (χ0n) is 28.9. The molecule has 5 aromatic carbocycles. The number of halogens is 3. The van der Waals surface area contributed by atoms with Gasteiger partial charge >= 0.3 is 6.18 Å². The number of aryl methyl sites for hydroxylation is 1. The van der Waals surface area contributed by atoms with Gasteiger partial charge in [0.15, 0.2) is 0 Å². The normalized spacial score (nSPS) is 13.8. The summed E-state index contributed by atoms with van der Waals surface area (Å²) in [6.45, 7) is 6.20. The van der Waals surface area contributed by atoms with Gasteiger partial charge in [-0.15, -0.1) is 11.8 Å². The Morgan fingerprint density at radius 3 is 2.26 bits per heavy atom. The van der Waals surface area contributed by atoms with E-state index in [4.69, 9.17) is 0 Å². The summed E-state index contributed by atoms with van der Waals surface area (Å²) in [4.78, 5) is 17.8. The number of sulfonamides is 1. The first-order valence-corrected chi connectivity index (χ1v) is 19.5. The van der Waals surface area contributed by atoms with Crippen LogP contribution in [0.4, 0.5) is 24.5 Å². The van der Waals surface area contributed by atoms with Crippen LogP contribution in [0.2, 0.25) is 0 Å². The highest BCUT2D eigenvalue weighted by atomic mass is 32.2. The third-order valence-electron chi connectivity index (χ3n) is 8.98. The second-order valence-electron chi connectivity index (χ2n) is 12.7. The fourth-order valence-corrected chi connectivity index (χ4v) is 8.05. The van der Waals surface area contributed by atoms with E-state index < -0.39 is 32.6 Å². The quantitative estimate of drug-likeness (QED) is 0.0869. The maximum atomic E-state index is 14.0. The van der Waals surface area contributed by atoms with Crippen LogP contribution < -0.4 is 14.9 Å². The first kappa shape index (κ1) is 37.8. The number of hydrogen-bond donors (Lipinski definition) is 3. The monoisotopic (exact) mass is 760 g/mol. The molecular weight excluding hydrogens is 722 g/mol. The van der Waals surface area contributed by atoms with Crippen molar-refractivity contribution in [3.8, 4) is 16.9 Å². The van der Waals surface area contributed by atoms with Crippen LogP contribution >= 0.6 is 11.8 Å². The molecule has 0 radical (unpaired) electrons. The number of rotatable bonds is 12. The number of phenolic OH excluding ortho intramolecular Hbond substituents is 1. The molecule has 1 amide bonds. The molecule has 0 atom stereocenters. The molecule has 0 bridgehead atoms. The number of phenols is 1. The van der Waals surface area contributed by atoms with Crippen LogP contribution in [0.3, 0.4) is 0 Å². The molecule has 8 nitrogen and oxygen atoms in total. The standard InChI is InChI=1S/C40H39F3N4O4S2/c1-28-24-29(10-16-36(28)31-6-5-7-33(48)25-31)27-46-19-21-47(22-20-46)32-13-11-30(12-14-32)39(49)45-53(50,51)35-15-17-38(37(26-35)40(41,42)43)44-18-23-52-34-8-3-2-4-9-34/h2-17,24-26,44,48H,18-23,27H2,1H3,(H,45,49). The lowest BCUT2D eigenvalue weighted by atomic mass is 9.98. The molecule has 1 aliphatic heterocycles. The van der Waals surface area contributed by atoms with Crippen molar-refractivity contribution >= 4 is 39.1 Å². The number of aromatic hydroxyl groups is 1. The lowest BCUT2D eigenvalue weighted by Crippen LogP contribution is -2.46. The summed E-state index contributed by atoms with van der Waals surface area (Å²) in [6, 6.07) is 32.1. The van der Waals surface area contributed by atoms with E-state index in [1.54, 1.807) is 24.3 Å². The van der Waals surface area contributed by atoms with Crippen LogP contribution in [-0.2, 0) is 22.7 Å². The summed E-state index contributed by atoms with van der Waals surface area (Å²) < 4.78 is 70.0. The van der Waals surface area contributed by atoms with Crippen molar-refractivity contribution in [2.75, 3.05) is 48.7 Å². The minimum atomic E-state index is -4.83. The predicted molar refractivity (Wildman–Crippen MR) is 204 cm³/mol. The third-order valence-corrected chi connectivity index (χ3v) is 11.3. The van der Waals surface area contributed by atoms with E-state index in [9.17, 15) is 31.5 Å². The Morgan fingerprint density at radius 2 is 1.58 bits per heavy atom. The molecular formula is C40H39F3N4O4S2. The molecule has 0 saturated carbocycles. The van der Waals surface area contributed by atoms with Gasteiger partial charge in [0.1, 0.15) is 5.75 Å². The average Bonchev–Trinajstić information content (AvgIpc) is 3.14. The van der Waals surface area contributed by atoms with E-state index in [0.717, 1.165) is 72.1 Å². The van der Waals surface area contributed by atoms with E-state index in [1.807, 2.05) is 47.2 Å². The summed E-state index contributed by atoms with van der Waals surface area (Å²) in [7, 11) is -4.61. The molecule has 0 unspecified atom stereocenters. The SMILES string of the molecule is Cc1cc(CN2CCN(c3ccc(C(=O)NS(=O)(=O)c4ccc(NCCSc5ccccc5)c(C(F)(F)F)c4)cc3)CC2)ccc1-c1cccc(O)c1. The molecule has 5 aromatic rings. The van der Waals surface area contributed by atoms with Crippen molar-refractivity contribution in [1.82, 2.24) is 9.62 Å². The van der Waals surface area contributed by atoms with Crippen molar-refractivity contribution < 1.29 is 31.5 Å². The Balaban J connectivity index is 1.02. The molecule has 0 aliphatic carbocycles. The molecule has 276 valence electrons. The minimum Gasteiger partial charge on any atom is -0.508 e. The summed E-state index contributed by atoms with van der Waals surface area (Å²) in [5, 5.41) is 12.6. The Labute approximate surface area is 311 Å². The Morgan fingerprint density at radius 1 is 0.849 bits per heavy atom. The van der Waals surface area contributed by atoms with Crippen molar-refractivity contribution in [3.63, 3.8) is 0 Å². The van der Waals surface area contributed by atoms with Crippen molar-refractivity contribution in [3.05, 3.63) is 138 Å². The van der Waals surface area contributed by atoms with Crippen LogP contribution in [-0.4, -0.2) is 62.8 Å². The minimum absolute atomic E-state index is 0.0609. The average molecular weight is 761 g/mol. The van der Waals surface area contributed by atoms with E-state index in [1.165, 1.54) is 29.5 Å². The number of hydrogen-bond acceptors (Lipinski definition) is 8. The Kier molecular flexibility index (Phi) is 11.7. The number of nitrogens with one attached hydrogen (secondary N) is 2. The lowest BCUT2D eigenvalue weighted by molar-refractivity contribution is -0.137. The molecule has 0 spiro atoms. The number of thioether (sulfide) groups is 1. The maximum absolute atomic E-state index is 14.0. The molecule has 0 aromatic heterocycles. The van der Waals surface area contributed by atoms with Gasteiger partial charge in [0.25, 0.3) is 15.9 Å². The molecule has 13 heteroatoms. The summed E-state index contributed by atoms with van der Waals surface area (Å²) in [5.74, 6) is -0.220. The van der Waals surface area contributed by atoms with Gasteiger partial charge in [0.2, 0.25) is 0 Å². The summed E-state index contributed by atoms with van der Waals surface area (Å²) in [5.41, 5.74) is 3.91. The fraction of sp³-hybridized carbons (Fsp3) is 0.225. The van der Waals surface area contributed by atoms with Crippen LogP contribution in [0.5, 0.6) is 5.75 Å². The van der Waals surface area contributed by atoms with Gasteiger partial charge in [-0.25, -0.2) is 13.1 Å². The van der Waals surface area contributed by atoms with Crippen molar-refractivity contribution in [2.24, 2.45) is 0 Å². The fourth-order valence-electron chi connectivity index (χ4n) is 6.26. The third kappa shape index (κ3) is 9.72. The van der Waals surface area contributed by atoms with Crippen LogP contribution in [0.1, 0.15) is 27.0 Å². The molecule has 1 heterocycles. The number of carbonyl (C=O) groups is 1. The molecule has 1 fully saturated rings. The molecule has 1 saturated heterocycles. The number of piperazine rings is 1. The number of anilines is 2. The Bertz CT molecular complexity index is 2160. The zero-order valence-corrected chi connectivity index (χ0v) is 30.6. The smallest absolute Gasteiger partial charge is 0.418 e. The highest BCUT2D eigenvalue weighted by molar-refractivity contribution is 7.99. The van der Waals surface area contributed by atoms with Gasteiger partial charge in [-0.2, -0.15) is 13.2 Å². The van der Waals surface area contributed by atoms with E-state index in [2.05, 4.69) is 40.2 Å². The van der Waals surface area contributed by atoms with Gasteiger partial charge in [-0.05, 0) is 95.9 Å². The van der Waals surface area contributed by atoms with Gasteiger partial charge in [0, 0.05) is 66.9 Å². The van der Waals surface area contributed by atoms with Gasteiger partial charge in [-0.1, -0.05) is 48.5 Å². The second kappa shape index (κ2) is 16.4. The van der Waals surface area contributed by atoms with Crippen molar-refractivity contribution in [2.45, 2.75) is 29.4 Å². The topological polar surface area (TPSA) is 102 Å². The van der Waals surface area contributed by atoms with E-state index in [-0.39, 0.29) is 23.5 Å². The highest BCUT2D eigenvalue weighted by Crippen LogP contribution is 2.36. The predicted octanol–water partition coefficient (Wildman–Crippen LogP) is 8.03. The largest absolute Gasteiger partial charge is 0.508 e. The van der Waals surface area contributed by atoms with Gasteiger partial charge in [-0.3, -0.25) is 9.69 Å². The van der Waals surface area contributed by atoms with Crippen LogP contribution in [0.25, 0.3) is 11.1 Å². The number of alkyl halides is 3. The second-order valence-corrected chi connectivity index (χ2v) is 15.6. The van der Waals surface area contributed by atoms with E-state index in [0.29, 0.717) is 11.8 Å². The van der Waals surface area contributed by atoms with E-state index >= 15 is 0 Å². The molecule has 6 rings (SSSR count).